The third-order valence-corrected chi connectivity index (χ3v) is 5.72. The first-order valence-corrected chi connectivity index (χ1v) is 10.5. The average Bonchev–Trinajstić information content (AvgIpc) is 2.52. The van der Waals surface area contributed by atoms with Gasteiger partial charge in [-0.2, -0.15) is 0 Å². The Labute approximate surface area is 145 Å². The second kappa shape index (κ2) is 8.01. The number of carbonyl (C=O) groups excluding carboxylic acids is 1. The summed E-state index contributed by atoms with van der Waals surface area (Å²) in [6, 6.07) is 5.89. The molecule has 1 N–H and O–H groups in total. The number of aryl methyl sites for hydroxylation is 2. The molecule has 24 heavy (non-hydrogen) atoms. The van der Waals surface area contributed by atoms with Crippen LogP contribution in [0.5, 0.6) is 0 Å². The number of benzene rings is 1. The first-order chi connectivity index (χ1) is 11.3. The summed E-state index contributed by atoms with van der Waals surface area (Å²) in [6.45, 7) is 3.71. The van der Waals surface area contributed by atoms with Gasteiger partial charge in [-0.3, -0.25) is 9.10 Å². The minimum atomic E-state index is -3.54. The van der Waals surface area contributed by atoms with Gasteiger partial charge in [-0.15, -0.1) is 0 Å². The van der Waals surface area contributed by atoms with E-state index in [9.17, 15) is 13.2 Å². The van der Waals surface area contributed by atoms with Crippen molar-refractivity contribution in [3.05, 3.63) is 29.3 Å². The monoisotopic (exact) mass is 352 g/mol. The van der Waals surface area contributed by atoms with E-state index in [-0.39, 0.29) is 18.5 Å². The molecule has 0 bridgehead atoms. The van der Waals surface area contributed by atoms with Gasteiger partial charge in [-0.05, 0) is 37.3 Å². The summed E-state index contributed by atoms with van der Waals surface area (Å²) in [5.74, 6) is -0.224. The van der Waals surface area contributed by atoms with Crippen LogP contribution in [0, 0.1) is 6.92 Å². The van der Waals surface area contributed by atoms with E-state index in [0.29, 0.717) is 12.1 Å². The summed E-state index contributed by atoms with van der Waals surface area (Å²) in [7, 11) is -3.54. The summed E-state index contributed by atoms with van der Waals surface area (Å²) in [6.07, 6.45) is 7.30. The largest absolute Gasteiger partial charge is 0.352 e. The molecule has 0 saturated heterocycles. The molecule has 0 aliphatic heterocycles. The van der Waals surface area contributed by atoms with Crippen molar-refractivity contribution in [3.8, 4) is 0 Å². The second-order valence-electron chi connectivity index (χ2n) is 6.61. The van der Waals surface area contributed by atoms with E-state index in [0.717, 1.165) is 43.1 Å². The number of hydrogen-bond acceptors (Lipinski definition) is 3. The fourth-order valence-electron chi connectivity index (χ4n) is 3.37. The van der Waals surface area contributed by atoms with Crippen LogP contribution in [0.25, 0.3) is 0 Å². The van der Waals surface area contributed by atoms with Gasteiger partial charge in [0.05, 0.1) is 11.9 Å². The molecule has 1 aliphatic rings. The van der Waals surface area contributed by atoms with Crippen molar-refractivity contribution in [1.82, 2.24) is 5.32 Å². The van der Waals surface area contributed by atoms with Gasteiger partial charge >= 0.3 is 0 Å². The van der Waals surface area contributed by atoms with Crippen LogP contribution in [0.2, 0.25) is 0 Å². The Morgan fingerprint density at radius 2 is 1.92 bits per heavy atom. The minimum Gasteiger partial charge on any atom is -0.352 e. The minimum absolute atomic E-state index is 0.160. The lowest BCUT2D eigenvalue weighted by Gasteiger charge is -2.28. The summed E-state index contributed by atoms with van der Waals surface area (Å²) >= 11 is 0. The average molecular weight is 353 g/mol. The van der Waals surface area contributed by atoms with Gasteiger partial charge in [0.1, 0.15) is 6.54 Å². The van der Waals surface area contributed by atoms with Crippen LogP contribution in [0.3, 0.4) is 0 Å². The topological polar surface area (TPSA) is 66.5 Å². The number of sulfonamides is 1. The van der Waals surface area contributed by atoms with E-state index in [1.807, 2.05) is 32.0 Å². The summed E-state index contributed by atoms with van der Waals surface area (Å²) < 4.78 is 25.9. The maximum atomic E-state index is 12.4. The molecule has 5 nitrogen and oxygen atoms in total. The Kier molecular flexibility index (Phi) is 6.27. The Morgan fingerprint density at radius 3 is 2.50 bits per heavy atom. The quantitative estimate of drug-likeness (QED) is 0.856. The molecular formula is C18H28N2O3S. The number of nitrogens with zero attached hydrogens (tertiary/aromatic N) is 1. The zero-order valence-electron chi connectivity index (χ0n) is 14.8. The van der Waals surface area contributed by atoms with Crippen molar-refractivity contribution in [1.29, 1.82) is 0 Å². The van der Waals surface area contributed by atoms with Crippen molar-refractivity contribution >= 4 is 21.6 Å². The maximum Gasteiger partial charge on any atom is 0.240 e. The van der Waals surface area contributed by atoms with E-state index < -0.39 is 10.0 Å². The molecule has 0 aromatic heterocycles. The third-order valence-electron chi connectivity index (χ3n) is 4.61. The summed E-state index contributed by atoms with van der Waals surface area (Å²) in [5.41, 5.74) is 2.44. The third kappa shape index (κ3) is 4.72. The van der Waals surface area contributed by atoms with Crippen molar-refractivity contribution < 1.29 is 13.2 Å². The first-order valence-electron chi connectivity index (χ1n) is 8.68. The molecule has 134 valence electrons. The molecule has 1 saturated carbocycles. The number of rotatable bonds is 6. The van der Waals surface area contributed by atoms with Gasteiger partial charge in [0.2, 0.25) is 15.9 Å². The highest BCUT2D eigenvalue weighted by molar-refractivity contribution is 7.92. The predicted molar refractivity (Wildman–Crippen MR) is 97.8 cm³/mol. The van der Waals surface area contributed by atoms with E-state index in [1.165, 1.54) is 10.7 Å². The van der Waals surface area contributed by atoms with Crippen LogP contribution in [0.15, 0.2) is 18.2 Å². The molecule has 0 spiro atoms. The standard InChI is InChI=1S/C18H28N2O3S/c1-4-15-10-8-9-14(2)18(15)20(24(3,22)23)13-17(21)19-16-11-6-5-7-12-16/h8-10,16H,4-7,11-13H2,1-3H3,(H,19,21). The first kappa shape index (κ1) is 18.8. The smallest absolute Gasteiger partial charge is 0.240 e. The molecule has 0 heterocycles. The molecular weight excluding hydrogens is 324 g/mol. The Hall–Kier alpha value is -1.56. The van der Waals surface area contributed by atoms with E-state index in [2.05, 4.69) is 5.32 Å². The molecule has 1 aromatic rings. The van der Waals surface area contributed by atoms with Crippen LogP contribution >= 0.6 is 0 Å². The molecule has 0 radical (unpaired) electrons. The van der Waals surface area contributed by atoms with E-state index in [1.54, 1.807) is 0 Å². The number of amides is 1. The molecule has 1 aromatic carbocycles. The Bertz CT molecular complexity index is 680. The number of nitrogens with one attached hydrogen (secondary N) is 1. The van der Waals surface area contributed by atoms with Crippen LogP contribution in [-0.2, 0) is 21.2 Å². The lowest BCUT2D eigenvalue weighted by molar-refractivity contribution is -0.120. The van der Waals surface area contributed by atoms with Gasteiger partial charge < -0.3 is 5.32 Å². The number of anilines is 1. The highest BCUT2D eigenvalue weighted by atomic mass is 32.2. The number of hydrogen-bond donors (Lipinski definition) is 1. The van der Waals surface area contributed by atoms with Gasteiger partial charge in [0.25, 0.3) is 0 Å². The molecule has 1 aliphatic carbocycles. The second-order valence-corrected chi connectivity index (χ2v) is 8.52. The molecule has 2 rings (SSSR count). The molecule has 0 atom stereocenters. The van der Waals surface area contributed by atoms with Gasteiger partial charge in [-0.25, -0.2) is 8.42 Å². The van der Waals surface area contributed by atoms with Crippen molar-refractivity contribution in [2.75, 3.05) is 17.1 Å². The van der Waals surface area contributed by atoms with Crippen molar-refractivity contribution in [3.63, 3.8) is 0 Å². The Balaban J connectivity index is 2.22. The van der Waals surface area contributed by atoms with Crippen LogP contribution in [-0.4, -0.2) is 33.2 Å². The molecule has 1 fully saturated rings. The predicted octanol–water partition coefficient (Wildman–Crippen LogP) is 2.77. The highest BCUT2D eigenvalue weighted by Crippen LogP contribution is 2.27. The van der Waals surface area contributed by atoms with Crippen LogP contribution in [0.4, 0.5) is 5.69 Å². The summed E-state index contributed by atoms with van der Waals surface area (Å²) in [5, 5.41) is 3.00. The Morgan fingerprint density at radius 1 is 1.25 bits per heavy atom. The maximum absolute atomic E-state index is 12.4. The number of para-hydroxylation sites is 1. The zero-order valence-corrected chi connectivity index (χ0v) is 15.7. The fraction of sp³-hybridized carbons (Fsp3) is 0.611. The van der Waals surface area contributed by atoms with Crippen LogP contribution in [0.1, 0.15) is 50.2 Å². The van der Waals surface area contributed by atoms with E-state index in [4.69, 9.17) is 0 Å². The SMILES string of the molecule is CCc1cccc(C)c1N(CC(=O)NC1CCCCC1)S(C)(=O)=O. The fourth-order valence-corrected chi connectivity index (χ4v) is 4.32. The lowest BCUT2D eigenvalue weighted by atomic mass is 9.95. The molecule has 0 unspecified atom stereocenters. The molecule has 1 amide bonds. The van der Waals surface area contributed by atoms with Gasteiger partial charge in [-0.1, -0.05) is 44.4 Å². The summed E-state index contributed by atoms with van der Waals surface area (Å²) in [4.78, 5) is 12.4. The zero-order chi connectivity index (χ0) is 17.7. The van der Waals surface area contributed by atoms with Gasteiger partial charge in [0.15, 0.2) is 0 Å². The van der Waals surface area contributed by atoms with Crippen LogP contribution < -0.4 is 9.62 Å². The number of carbonyl (C=O) groups is 1. The van der Waals surface area contributed by atoms with E-state index >= 15 is 0 Å². The van der Waals surface area contributed by atoms with Gasteiger partial charge in [0, 0.05) is 6.04 Å². The highest BCUT2D eigenvalue weighted by Gasteiger charge is 2.25. The van der Waals surface area contributed by atoms with Crippen molar-refractivity contribution in [2.24, 2.45) is 0 Å². The van der Waals surface area contributed by atoms with Crippen molar-refractivity contribution in [2.45, 2.75) is 58.4 Å². The molecule has 6 heteroatoms. The lowest BCUT2D eigenvalue weighted by Crippen LogP contribution is -2.45. The normalized spacial score (nSPS) is 16.0.